The smallest absolute Gasteiger partial charge is 0.251 e. The van der Waals surface area contributed by atoms with Crippen molar-refractivity contribution in [2.24, 2.45) is 0 Å². The predicted octanol–water partition coefficient (Wildman–Crippen LogP) is 4.85. The highest BCUT2D eigenvalue weighted by atomic mass is 35.5. The second-order valence-corrected chi connectivity index (χ2v) is 7.84. The number of hydrogen-bond acceptors (Lipinski definition) is 3. The molecule has 6 heteroatoms. The van der Waals surface area contributed by atoms with Gasteiger partial charge in [0.1, 0.15) is 5.82 Å². The van der Waals surface area contributed by atoms with Crippen LogP contribution in [0, 0.1) is 6.92 Å². The van der Waals surface area contributed by atoms with Crippen molar-refractivity contribution < 1.29 is 9.59 Å². The third kappa shape index (κ3) is 4.84. The molecular weight excluding hydrogens is 410 g/mol. The quantitative estimate of drug-likeness (QED) is 0.425. The Balaban J connectivity index is 1.51. The minimum absolute atomic E-state index is 0.0233. The number of nitrogens with one attached hydrogen (secondary N) is 1. The van der Waals surface area contributed by atoms with E-state index in [0.29, 0.717) is 29.1 Å². The molecule has 1 heterocycles. The van der Waals surface area contributed by atoms with Gasteiger partial charge < -0.3 is 9.88 Å². The van der Waals surface area contributed by atoms with E-state index in [9.17, 15) is 9.59 Å². The van der Waals surface area contributed by atoms with E-state index in [1.807, 2.05) is 54.0 Å². The monoisotopic (exact) mass is 431 g/mol. The summed E-state index contributed by atoms with van der Waals surface area (Å²) in [5, 5.41) is 3.54. The van der Waals surface area contributed by atoms with E-state index in [2.05, 4.69) is 5.32 Å². The topological polar surface area (TPSA) is 64.0 Å². The van der Waals surface area contributed by atoms with Gasteiger partial charge in [-0.25, -0.2) is 4.98 Å². The number of para-hydroxylation sites is 2. The molecule has 0 fully saturated rings. The van der Waals surface area contributed by atoms with Crippen molar-refractivity contribution >= 4 is 34.3 Å². The first kappa shape index (κ1) is 20.8. The van der Waals surface area contributed by atoms with Gasteiger partial charge in [0.25, 0.3) is 5.91 Å². The summed E-state index contributed by atoms with van der Waals surface area (Å²) >= 11 is 5.94. The van der Waals surface area contributed by atoms with E-state index >= 15 is 0 Å². The lowest BCUT2D eigenvalue weighted by Gasteiger charge is -2.10. The Kier molecular flexibility index (Phi) is 6.14. The molecule has 0 saturated carbocycles. The van der Waals surface area contributed by atoms with Crippen LogP contribution >= 0.6 is 11.6 Å². The van der Waals surface area contributed by atoms with Crippen molar-refractivity contribution in [3.8, 4) is 0 Å². The number of imidazole rings is 1. The van der Waals surface area contributed by atoms with E-state index in [1.54, 1.807) is 30.3 Å². The number of hydrogen-bond donors (Lipinski definition) is 1. The minimum Gasteiger partial charge on any atom is -0.352 e. The number of amides is 1. The zero-order valence-corrected chi connectivity index (χ0v) is 17.9. The van der Waals surface area contributed by atoms with E-state index in [-0.39, 0.29) is 18.2 Å². The van der Waals surface area contributed by atoms with Crippen LogP contribution in [0.3, 0.4) is 0 Å². The summed E-state index contributed by atoms with van der Waals surface area (Å²) < 4.78 is 1.92. The van der Waals surface area contributed by atoms with Crippen LogP contribution in [0.2, 0.25) is 5.02 Å². The van der Waals surface area contributed by atoms with Crippen LogP contribution in [0.5, 0.6) is 0 Å². The second kappa shape index (κ2) is 9.14. The number of nitrogens with zero attached hydrogens (tertiary/aromatic N) is 2. The number of aromatic nitrogens is 2. The number of fused-ring (bicyclic) bond motifs is 1. The summed E-state index contributed by atoms with van der Waals surface area (Å²) in [5.74, 6) is 0.613. The highest BCUT2D eigenvalue weighted by molar-refractivity contribution is 6.30. The minimum atomic E-state index is -0.122. The molecule has 156 valence electrons. The van der Waals surface area contributed by atoms with Crippen molar-refractivity contribution in [2.75, 3.05) is 6.54 Å². The van der Waals surface area contributed by atoms with Gasteiger partial charge in [-0.15, -0.1) is 0 Å². The molecule has 1 aromatic heterocycles. The molecule has 0 spiro atoms. The van der Waals surface area contributed by atoms with Gasteiger partial charge in [-0.2, -0.15) is 0 Å². The van der Waals surface area contributed by atoms with E-state index in [0.717, 1.165) is 22.4 Å². The maximum atomic E-state index is 12.9. The number of ketones is 1. The van der Waals surface area contributed by atoms with Crippen LogP contribution < -0.4 is 5.32 Å². The van der Waals surface area contributed by atoms with E-state index in [1.165, 1.54) is 0 Å². The molecule has 0 aliphatic carbocycles. The summed E-state index contributed by atoms with van der Waals surface area (Å²) in [4.78, 5) is 30.0. The first-order chi connectivity index (χ1) is 15.0. The lowest BCUT2D eigenvalue weighted by atomic mass is 10.1. The Bertz CT molecular complexity index is 1250. The molecule has 3 aromatic carbocycles. The van der Waals surface area contributed by atoms with Crippen LogP contribution in [0.15, 0.2) is 72.8 Å². The first-order valence-corrected chi connectivity index (χ1v) is 10.5. The Morgan fingerprint density at radius 3 is 2.52 bits per heavy atom. The molecule has 5 nitrogen and oxygen atoms in total. The van der Waals surface area contributed by atoms with Crippen molar-refractivity contribution in [1.29, 1.82) is 0 Å². The van der Waals surface area contributed by atoms with Crippen molar-refractivity contribution in [2.45, 2.75) is 19.9 Å². The molecule has 0 saturated heterocycles. The fourth-order valence-corrected chi connectivity index (χ4v) is 3.67. The number of Topliss-reactive ketones (excluding diaryl/α,β-unsaturated/α-hetero) is 1. The SMILES string of the molecule is Cc1cccc(C(=O)NCCc2nc3ccccc3n2CC(=O)c2ccc(Cl)cc2)c1. The van der Waals surface area contributed by atoms with Gasteiger partial charge in [-0.3, -0.25) is 9.59 Å². The third-order valence-corrected chi connectivity index (χ3v) is 5.37. The van der Waals surface area contributed by atoms with E-state index in [4.69, 9.17) is 16.6 Å². The molecule has 4 rings (SSSR count). The highest BCUT2D eigenvalue weighted by Crippen LogP contribution is 2.18. The van der Waals surface area contributed by atoms with Crippen molar-refractivity contribution in [3.05, 3.63) is 100 Å². The summed E-state index contributed by atoms with van der Waals surface area (Å²) in [6, 6.07) is 22.1. The summed E-state index contributed by atoms with van der Waals surface area (Å²) in [6.07, 6.45) is 0.514. The fourth-order valence-electron chi connectivity index (χ4n) is 3.54. The lowest BCUT2D eigenvalue weighted by molar-refractivity contribution is 0.0948. The zero-order valence-electron chi connectivity index (χ0n) is 17.1. The molecule has 0 radical (unpaired) electrons. The third-order valence-electron chi connectivity index (χ3n) is 5.12. The second-order valence-electron chi connectivity index (χ2n) is 7.41. The molecule has 0 aliphatic rings. The van der Waals surface area contributed by atoms with E-state index < -0.39 is 0 Å². The van der Waals surface area contributed by atoms with Crippen LogP contribution in [0.1, 0.15) is 32.1 Å². The summed E-state index contributed by atoms with van der Waals surface area (Å²) in [5.41, 5.74) is 3.98. The predicted molar refractivity (Wildman–Crippen MR) is 123 cm³/mol. The molecule has 1 amide bonds. The molecule has 0 aliphatic heterocycles. The largest absolute Gasteiger partial charge is 0.352 e. The Labute approximate surface area is 185 Å². The van der Waals surface area contributed by atoms with Gasteiger partial charge >= 0.3 is 0 Å². The van der Waals surface area contributed by atoms with Crippen LogP contribution in [0.4, 0.5) is 0 Å². The number of carbonyl (C=O) groups excluding carboxylic acids is 2. The average molecular weight is 432 g/mol. The van der Waals surface area contributed by atoms with Gasteiger partial charge in [0, 0.05) is 29.1 Å². The summed E-state index contributed by atoms with van der Waals surface area (Å²) in [6.45, 7) is 2.55. The normalized spacial score (nSPS) is 10.9. The maximum absolute atomic E-state index is 12.9. The molecular formula is C25H22ClN3O2. The van der Waals surface area contributed by atoms with Crippen molar-refractivity contribution in [1.82, 2.24) is 14.9 Å². The van der Waals surface area contributed by atoms with Gasteiger partial charge in [0.15, 0.2) is 5.78 Å². The molecule has 0 bridgehead atoms. The first-order valence-electron chi connectivity index (χ1n) is 10.1. The number of benzene rings is 3. The summed E-state index contributed by atoms with van der Waals surface area (Å²) in [7, 11) is 0. The molecule has 4 aromatic rings. The van der Waals surface area contributed by atoms with Crippen LogP contribution in [0.25, 0.3) is 11.0 Å². The standard InChI is InChI=1S/C25H22ClN3O2/c1-17-5-4-6-19(15-17)25(31)27-14-13-24-28-21-7-2-3-8-22(21)29(24)16-23(30)18-9-11-20(26)12-10-18/h2-12,15H,13-14,16H2,1H3,(H,27,31). The maximum Gasteiger partial charge on any atom is 0.251 e. The fraction of sp³-hybridized carbons (Fsp3) is 0.160. The number of aryl methyl sites for hydroxylation is 1. The van der Waals surface area contributed by atoms with Gasteiger partial charge in [-0.05, 0) is 55.5 Å². The van der Waals surface area contributed by atoms with Gasteiger partial charge in [0.2, 0.25) is 0 Å². The molecule has 0 unspecified atom stereocenters. The Morgan fingerprint density at radius 2 is 1.74 bits per heavy atom. The molecule has 1 N–H and O–H groups in total. The van der Waals surface area contributed by atoms with Crippen LogP contribution in [-0.2, 0) is 13.0 Å². The Morgan fingerprint density at radius 1 is 0.968 bits per heavy atom. The number of halogens is 1. The van der Waals surface area contributed by atoms with Crippen LogP contribution in [-0.4, -0.2) is 27.8 Å². The average Bonchev–Trinajstić information content (AvgIpc) is 3.11. The Hall–Kier alpha value is -3.44. The molecule has 0 atom stereocenters. The zero-order chi connectivity index (χ0) is 21.8. The van der Waals surface area contributed by atoms with Gasteiger partial charge in [0.05, 0.1) is 17.6 Å². The highest BCUT2D eigenvalue weighted by Gasteiger charge is 2.15. The number of rotatable bonds is 7. The number of carbonyl (C=O) groups is 2. The van der Waals surface area contributed by atoms with Crippen molar-refractivity contribution in [3.63, 3.8) is 0 Å². The van der Waals surface area contributed by atoms with Gasteiger partial charge in [-0.1, -0.05) is 41.4 Å². The lowest BCUT2D eigenvalue weighted by Crippen LogP contribution is -2.26. The molecule has 31 heavy (non-hydrogen) atoms.